The fourth-order valence-electron chi connectivity index (χ4n) is 2.31. The number of nitro groups is 1. The molecule has 0 amide bonds. The standard InChI is InChI=1S/C17H13N3O5S/c1-25-14-7-6-10(8-13(14)20(23)24)9-15(16(21)22)26-17-18-11-4-2-3-5-12(11)19-17/h2-9H,1H3,(H,18,19)(H,21,22)/b15-9-. The number of hydrogen-bond donors (Lipinski definition) is 2. The summed E-state index contributed by atoms with van der Waals surface area (Å²) >= 11 is 0.935. The van der Waals surface area contributed by atoms with E-state index in [9.17, 15) is 20.0 Å². The smallest absolute Gasteiger partial charge is 0.342 e. The van der Waals surface area contributed by atoms with Gasteiger partial charge in [0.15, 0.2) is 10.9 Å². The Balaban J connectivity index is 1.95. The number of hydrogen-bond acceptors (Lipinski definition) is 6. The molecule has 8 nitrogen and oxygen atoms in total. The Bertz CT molecular complexity index is 995. The third kappa shape index (κ3) is 3.67. The summed E-state index contributed by atoms with van der Waals surface area (Å²) in [5.74, 6) is -1.05. The van der Waals surface area contributed by atoms with Crippen LogP contribution in [0.4, 0.5) is 5.69 Å². The number of carboxylic acid groups (broad SMARTS) is 1. The first-order chi connectivity index (χ1) is 12.5. The number of aromatic amines is 1. The number of ether oxygens (including phenoxy) is 1. The second kappa shape index (κ2) is 7.28. The number of carbonyl (C=O) groups is 1. The Kier molecular flexibility index (Phi) is 4.90. The van der Waals surface area contributed by atoms with E-state index in [-0.39, 0.29) is 16.3 Å². The number of carboxylic acids is 1. The molecular formula is C17H13N3O5S. The van der Waals surface area contributed by atoms with Crippen molar-refractivity contribution in [2.24, 2.45) is 0 Å². The molecule has 132 valence electrons. The highest BCUT2D eigenvalue weighted by Crippen LogP contribution is 2.31. The van der Waals surface area contributed by atoms with Crippen molar-refractivity contribution >= 4 is 40.5 Å². The van der Waals surface area contributed by atoms with E-state index >= 15 is 0 Å². The molecule has 3 aromatic rings. The lowest BCUT2D eigenvalue weighted by atomic mass is 10.1. The third-order valence-electron chi connectivity index (χ3n) is 3.48. The summed E-state index contributed by atoms with van der Waals surface area (Å²) in [4.78, 5) is 29.4. The van der Waals surface area contributed by atoms with Crippen molar-refractivity contribution in [2.75, 3.05) is 7.11 Å². The van der Waals surface area contributed by atoms with Crippen LogP contribution in [0.15, 0.2) is 52.5 Å². The van der Waals surface area contributed by atoms with Crippen molar-refractivity contribution in [2.45, 2.75) is 5.16 Å². The molecule has 0 saturated heterocycles. The van der Waals surface area contributed by atoms with Gasteiger partial charge >= 0.3 is 11.7 Å². The van der Waals surface area contributed by atoms with Crippen molar-refractivity contribution in [3.8, 4) is 5.75 Å². The van der Waals surface area contributed by atoms with E-state index in [0.717, 1.165) is 22.8 Å². The Morgan fingerprint density at radius 2 is 2.12 bits per heavy atom. The number of rotatable bonds is 6. The van der Waals surface area contributed by atoms with Gasteiger partial charge in [-0.2, -0.15) is 0 Å². The maximum Gasteiger partial charge on any atom is 0.342 e. The summed E-state index contributed by atoms with van der Waals surface area (Å²) in [6.07, 6.45) is 1.35. The van der Waals surface area contributed by atoms with Gasteiger partial charge in [0.05, 0.1) is 23.1 Å². The fourth-order valence-corrected chi connectivity index (χ4v) is 3.10. The number of fused-ring (bicyclic) bond motifs is 1. The van der Waals surface area contributed by atoms with E-state index in [1.165, 1.54) is 25.3 Å². The molecule has 0 fully saturated rings. The lowest BCUT2D eigenvalue weighted by Gasteiger charge is -2.04. The monoisotopic (exact) mass is 371 g/mol. The topological polar surface area (TPSA) is 118 Å². The van der Waals surface area contributed by atoms with Gasteiger partial charge in [0.25, 0.3) is 0 Å². The van der Waals surface area contributed by atoms with Crippen molar-refractivity contribution in [3.63, 3.8) is 0 Å². The number of benzene rings is 2. The third-order valence-corrected chi connectivity index (χ3v) is 4.38. The van der Waals surface area contributed by atoms with Crippen LogP contribution in [0.5, 0.6) is 5.75 Å². The molecule has 1 heterocycles. The van der Waals surface area contributed by atoms with E-state index in [1.54, 1.807) is 6.07 Å². The molecule has 0 unspecified atom stereocenters. The number of methoxy groups -OCH3 is 1. The summed E-state index contributed by atoms with van der Waals surface area (Å²) in [5.41, 5.74) is 1.65. The number of nitro benzene ring substituents is 1. The van der Waals surface area contributed by atoms with E-state index < -0.39 is 10.9 Å². The lowest BCUT2D eigenvalue weighted by Crippen LogP contribution is -1.98. The zero-order valence-electron chi connectivity index (χ0n) is 13.5. The predicted molar refractivity (Wildman–Crippen MR) is 97.2 cm³/mol. The Labute approximate surface area is 151 Å². The second-order valence-corrected chi connectivity index (χ2v) is 6.19. The van der Waals surface area contributed by atoms with E-state index in [1.807, 2.05) is 24.3 Å². The summed E-state index contributed by atoms with van der Waals surface area (Å²) in [7, 11) is 1.33. The fraction of sp³-hybridized carbons (Fsp3) is 0.0588. The number of para-hydroxylation sites is 2. The normalized spacial score (nSPS) is 11.5. The highest BCUT2D eigenvalue weighted by Gasteiger charge is 2.17. The van der Waals surface area contributed by atoms with Gasteiger partial charge in [0.2, 0.25) is 0 Å². The number of H-pyrrole nitrogens is 1. The maximum atomic E-state index is 11.6. The molecule has 0 radical (unpaired) electrons. The second-order valence-electron chi connectivity index (χ2n) is 5.16. The van der Waals surface area contributed by atoms with Gasteiger partial charge in [-0.1, -0.05) is 18.2 Å². The highest BCUT2D eigenvalue weighted by molar-refractivity contribution is 8.04. The number of imidazole rings is 1. The number of nitrogens with zero attached hydrogens (tertiary/aromatic N) is 2. The van der Waals surface area contributed by atoms with Gasteiger partial charge in [0.1, 0.15) is 4.91 Å². The SMILES string of the molecule is COc1ccc(/C=C(\Sc2nc3ccccc3[nH]2)C(=O)O)cc1[N+](=O)[O-]. The number of aliphatic carboxylic acids is 1. The molecular weight excluding hydrogens is 358 g/mol. The van der Waals surface area contributed by atoms with Crippen LogP contribution in [0.2, 0.25) is 0 Å². The van der Waals surface area contributed by atoms with Gasteiger partial charge in [0, 0.05) is 6.07 Å². The Hall–Kier alpha value is -3.33. The van der Waals surface area contributed by atoms with Crippen molar-refractivity contribution in [3.05, 3.63) is 63.0 Å². The first kappa shape index (κ1) is 17.5. The molecule has 0 aliphatic heterocycles. The molecule has 0 atom stereocenters. The van der Waals surface area contributed by atoms with Crippen LogP contribution in [0.25, 0.3) is 17.1 Å². The average Bonchev–Trinajstić information content (AvgIpc) is 3.03. The lowest BCUT2D eigenvalue weighted by molar-refractivity contribution is -0.385. The Morgan fingerprint density at radius 3 is 2.77 bits per heavy atom. The molecule has 3 rings (SSSR count). The molecule has 26 heavy (non-hydrogen) atoms. The van der Waals surface area contributed by atoms with Crippen LogP contribution in [0.1, 0.15) is 5.56 Å². The molecule has 9 heteroatoms. The van der Waals surface area contributed by atoms with Crippen molar-refractivity contribution in [1.82, 2.24) is 9.97 Å². The zero-order chi connectivity index (χ0) is 18.7. The molecule has 0 saturated carbocycles. The van der Waals surface area contributed by atoms with Gasteiger partial charge in [-0.05, 0) is 41.6 Å². The molecule has 2 aromatic carbocycles. The van der Waals surface area contributed by atoms with Crippen molar-refractivity contribution in [1.29, 1.82) is 0 Å². The molecule has 0 spiro atoms. The largest absolute Gasteiger partial charge is 0.490 e. The van der Waals surface area contributed by atoms with E-state index in [0.29, 0.717) is 10.7 Å². The number of nitrogens with one attached hydrogen (secondary N) is 1. The molecule has 0 bridgehead atoms. The zero-order valence-corrected chi connectivity index (χ0v) is 14.3. The minimum absolute atomic E-state index is 0.0245. The summed E-state index contributed by atoms with van der Waals surface area (Å²) < 4.78 is 4.94. The highest BCUT2D eigenvalue weighted by atomic mass is 32.2. The van der Waals surface area contributed by atoms with E-state index in [4.69, 9.17) is 4.74 Å². The van der Waals surface area contributed by atoms with Gasteiger partial charge in [-0.15, -0.1) is 0 Å². The number of thioether (sulfide) groups is 1. The van der Waals surface area contributed by atoms with Crippen LogP contribution >= 0.6 is 11.8 Å². The summed E-state index contributed by atoms with van der Waals surface area (Å²) in [5, 5.41) is 21.0. The van der Waals surface area contributed by atoms with Gasteiger partial charge in [-0.3, -0.25) is 10.1 Å². The molecule has 1 aromatic heterocycles. The molecule has 0 aliphatic carbocycles. The summed E-state index contributed by atoms with van der Waals surface area (Å²) in [6.45, 7) is 0. The Morgan fingerprint density at radius 1 is 1.35 bits per heavy atom. The van der Waals surface area contributed by atoms with Gasteiger partial charge < -0.3 is 14.8 Å². The van der Waals surface area contributed by atoms with Crippen LogP contribution in [-0.4, -0.2) is 33.1 Å². The summed E-state index contributed by atoms with van der Waals surface area (Å²) in [6, 6.07) is 11.6. The van der Waals surface area contributed by atoms with Crippen LogP contribution < -0.4 is 4.74 Å². The predicted octanol–water partition coefficient (Wildman–Crippen LogP) is 3.70. The molecule has 0 aliphatic rings. The van der Waals surface area contributed by atoms with Crippen LogP contribution in [-0.2, 0) is 4.79 Å². The molecule has 2 N–H and O–H groups in total. The first-order valence-electron chi connectivity index (χ1n) is 7.38. The quantitative estimate of drug-likeness (QED) is 0.293. The number of aromatic nitrogens is 2. The maximum absolute atomic E-state index is 11.6. The van der Waals surface area contributed by atoms with Crippen molar-refractivity contribution < 1.29 is 19.6 Å². The van der Waals surface area contributed by atoms with Crippen LogP contribution in [0.3, 0.4) is 0 Å². The van der Waals surface area contributed by atoms with Gasteiger partial charge in [-0.25, -0.2) is 9.78 Å². The average molecular weight is 371 g/mol. The van der Waals surface area contributed by atoms with E-state index in [2.05, 4.69) is 9.97 Å². The minimum Gasteiger partial charge on any atom is -0.490 e. The minimum atomic E-state index is -1.16. The van der Waals surface area contributed by atoms with Crippen LogP contribution in [0, 0.1) is 10.1 Å². The first-order valence-corrected chi connectivity index (χ1v) is 8.19.